The first kappa shape index (κ1) is 13.0. The maximum atomic E-state index is 9.77. The molecular formula is C13H27NO. The van der Waals surface area contributed by atoms with Crippen molar-refractivity contribution in [2.75, 3.05) is 13.6 Å². The first-order chi connectivity index (χ1) is 6.83. The van der Waals surface area contributed by atoms with Crippen LogP contribution in [-0.4, -0.2) is 35.7 Å². The van der Waals surface area contributed by atoms with Crippen molar-refractivity contribution in [3.05, 3.63) is 0 Å². The summed E-state index contributed by atoms with van der Waals surface area (Å²) in [5, 5.41) is 9.77. The van der Waals surface area contributed by atoms with Crippen molar-refractivity contribution in [3.8, 4) is 0 Å². The minimum Gasteiger partial charge on any atom is -0.393 e. The van der Waals surface area contributed by atoms with Crippen LogP contribution in [-0.2, 0) is 0 Å². The van der Waals surface area contributed by atoms with Gasteiger partial charge in [-0.25, -0.2) is 0 Å². The van der Waals surface area contributed by atoms with Crippen LogP contribution >= 0.6 is 0 Å². The van der Waals surface area contributed by atoms with Crippen molar-refractivity contribution >= 4 is 0 Å². The predicted octanol–water partition coefficient (Wildman–Crippen LogP) is 2.51. The van der Waals surface area contributed by atoms with Gasteiger partial charge in [0.05, 0.1) is 6.10 Å². The van der Waals surface area contributed by atoms with E-state index in [1.165, 1.54) is 0 Å². The Morgan fingerprint density at radius 3 is 2.53 bits per heavy atom. The first-order valence-electron chi connectivity index (χ1n) is 6.21. The lowest BCUT2D eigenvalue weighted by Gasteiger charge is -2.46. The lowest BCUT2D eigenvalue weighted by molar-refractivity contribution is -0.00473. The van der Waals surface area contributed by atoms with Crippen molar-refractivity contribution < 1.29 is 5.11 Å². The number of rotatable bonds is 3. The van der Waals surface area contributed by atoms with Crippen molar-refractivity contribution in [1.29, 1.82) is 0 Å². The molecule has 0 aromatic carbocycles. The third-order valence-corrected chi connectivity index (χ3v) is 3.70. The van der Waals surface area contributed by atoms with Gasteiger partial charge in [-0.15, -0.1) is 0 Å². The fourth-order valence-corrected chi connectivity index (χ4v) is 2.88. The van der Waals surface area contributed by atoms with E-state index in [0.717, 1.165) is 25.8 Å². The maximum absolute atomic E-state index is 9.77. The van der Waals surface area contributed by atoms with Gasteiger partial charge in [0.1, 0.15) is 0 Å². The number of hydrogen-bond acceptors (Lipinski definition) is 2. The molecule has 90 valence electrons. The molecule has 1 fully saturated rings. The van der Waals surface area contributed by atoms with E-state index in [1.54, 1.807) is 0 Å². The Balaban J connectivity index is 2.63. The normalized spacial score (nSPS) is 31.2. The molecule has 0 aliphatic heterocycles. The van der Waals surface area contributed by atoms with E-state index in [4.69, 9.17) is 0 Å². The van der Waals surface area contributed by atoms with Crippen LogP contribution < -0.4 is 0 Å². The van der Waals surface area contributed by atoms with Gasteiger partial charge in [0.25, 0.3) is 0 Å². The van der Waals surface area contributed by atoms with Gasteiger partial charge in [-0.3, -0.25) is 0 Å². The monoisotopic (exact) mass is 213 g/mol. The topological polar surface area (TPSA) is 23.5 Å². The summed E-state index contributed by atoms with van der Waals surface area (Å²) in [6.07, 6.45) is 2.97. The molecule has 1 saturated carbocycles. The summed E-state index contributed by atoms with van der Waals surface area (Å²) >= 11 is 0. The highest BCUT2D eigenvalue weighted by molar-refractivity contribution is 4.91. The molecule has 0 aromatic rings. The number of hydrogen-bond donors (Lipinski definition) is 1. The highest BCUT2D eigenvalue weighted by atomic mass is 16.3. The van der Waals surface area contributed by atoms with Crippen LogP contribution in [0.5, 0.6) is 0 Å². The van der Waals surface area contributed by atoms with E-state index in [9.17, 15) is 5.11 Å². The molecule has 0 saturated heterocycles. The highest BCUT2D eigenvalue weighted by Gasteiger charge is 2.37. The molecule has 2 heteroatoms. The maximum Gasteiger partial charge on any atom is 0.0555 e. The molecular weight excluding hydrogens is 186 g/mol. The summed E-state index contributed by atoms with van der Waals surface area (Å²) in [5.74, 6) is 0.699. The lowest BCUT2D eigenvalue weighted by Crippen LogP contribution is -2.49. The van der Waals surface area contributed by atoms with E-state index in [0.29, 0.717) is 17.4 Å². The largest absolute Gasteiger partial charge is 0.393 e. The van der Waals surface area contributed by atoms with Crippen LogP contribution in [0.1, 0.15) is 47.0 Å². The highest BCUT2D eigenvalue weighted by Crippen LogP contribution is 2.38. The summed E-state index contributed by atoms with van der Waals surface area (Å²) in [6.45, 7) is 10.3. The van der Waals surface area contributed by atoms with Crippen molar-refractivity contribution in [3.63, 3.8) is 0 Å². The van der Waals surface area contributed by atoms with Crippen LogP contribution in [0.15, 0.2) is 0 Å². The zero-order chi connectivity index (χ0) is 11.6. The van der Waals surface area contributed by atoms with Crippen molar-refractivity contribution in [1.82, 2.24) is 4.90 Å². The van der Waals surface area contributed by atoms with Gasteiger partial charge in [-0.2, -0.15) is 0 Å². The average molecular weight is 213 g/mol. The molecule has 0 heterocycles. The lowest BCUT2D eigenvalue weighted by atomic mass is 9.71. The fraction of sp³-hybridized carbons (Fsp3) is 1.00. The minimum atomic E-state index is -0.0855. The van der Waals surface area contributed by atoms with E-state index in [-0.39, 0.29) is 6.10 Å². The summed E-state index contributed by atoms with van der Waals surface area (Å²) in [7, 11) is 2.20. The molecule has 15 heavy (non-hydrogen) atoms. The number of nitrogens with zero attached hydrogens (tertiary/aromatic N) is 1. The quantitative estimate of drug-likeness (QED) is 0.778. The molecule has 1 rings (SSSR count). The smallest absolute Gasteiger partial charge is 0.0555 e. The summed E-state index contributed by atoms with van der Waals surface area (Å²) in [5.41, 5.74) is 0.350. The summed E-state index contributed by atoms with van der Waals surface area (Å²) in [6, 6.07) is 0.531. The second-order valence-electron chi connectivity index (χ2n) is 6.27. The van der Waals surface area contributed by atoms with Gasteiger partial charge >= 0.3 is 0 Å². The van der Waals surface area contributed by atoms with Gasteiger partial charge in [0, 0.05) is 12.6 Å². The third-order valence-electron chi connectivity index (χ3n) is 3.70. The molecule has 2 atom stereocenters. The zero-order valence-electron chi connectivity index (χ0n) is 11.0. The van der Waals surface area contributed by atoms with Crippen LogP contribution in [0.4, 0.5) is 0 Å². The Morgan fingerprint density at radius 1 is 1.40 bits per heavy atom. The van der Waals surface area contributed by atoms with E-state index in [2.05, 4.69) is 39.6 Å². The average Bonchev–Trinajstić information content (AvgIpc) is 2.08. The second-order valence-corrected chi connectivity index (χ2v) is 6.27. The number of aliphatic hydroxyl groups is 1. The van der Waals surface area contributed by atoms with Crippen LogP contribution in [0.3, 0.4) is 0 Å². The van der Waals surface area contributed by atoms with Crippen LogP contribution in [0, 0.1) is 11.3 Å². The third kappa shape index (κ3) is 3.46. The van der Waals surface area contributed by atoms with Crippen molar-refractivity contribution in [2.24, 2.45) is 11.3 Å². The molecule has 0 aromatic heterocycles. The molecule has 1 aliphatic carbocycles. The molecule has 0 spiro atoms. The van der Waals surface area contributed by atoms with E-state index < -0.39 is 0 Å². The van der Waals surface area contributed by atoms with Gasteiger partial charge in [-0.05, 0) is 37.6 Å². The van der Waals surface area contributed by atoms with Gasteiger partial charge < -0.3 is 10.0 Å². The van der Waals surface area contributed by atoms with Gasteiger partial charge in [0.2, 0.25) is 0 Å². The fourth-order valence-electron chi connectivity index (χ4n) is 2.88. The molecule has 1 aliphatic rings. The minimum absolute atomic E-state index is 0.0855. The Bertz CT molecular complexity index is 201. The predicted molar refractivity (Wildman–Crippen MR) is 64.9 cm³/mol. The van der Waals surface area contributed by atoms with Crippen LogP contribution in [0.2, 0.25) is 0 Å². The first-order valence-corrected chi connectivity index (χ1v) is 6.21. The standard InChI is InChI=1S/C13H27NO/c1-10(2)9-14(5)12-8-11(15)6-7-13(12,3)4/h10-12,15H,6-9H2,1-5H3. The van der Waals surface area contributed by atoms with Gasteiger partial charge in [-0.1, -0.05) is 27.7 Å². The molecule has 1 N–H and O–H groups in total. The molecule has 2 unspecified atom stereocenters. The van der Waals surface area contributed by atoms with Crippen molar-refractivity contribution in [2.45, 2.75) is 59.1 Å². The summed E-state index contributed by atoms with van der Waals surface area (Å²) < 4.78 is 0. The SMILES string of the molecule is CC(C)CN(C)C1CC(O)CCC1(C)C. The van der Waals surface area contributed by atoms with E-state index in [1.807, 2.05) is 0 Å². The molecule has 2 nitrogen and oxygen atoms in total. The Kier molecular flexibility index (Phi) is 4.19. The Labute approximate surface area is 94.7 Å². The van der Waals surface area contributed by atoms with E-state index >= 15 is 0 Å². The Hall–Kier alpha value is -0.0800. The van der Waals surface area contributed by atoms with Crippen LogP contribution in [0.25, 0.3) is 0 Å². The van der Waals surface area contributed by atoms with Gasteiger partial charge in [0.15, 0.2) is 0 Å². The molecule has 0 radical (unpaired) electrons. The molecule has 0 amide bonds. The molecule has 0 bridgehead atoms. The summed E-state index contributed by atoms with van der Waals surface area (Å²) in [4.78, 5) is 2.44. The zero-order valence-corrected chi connectivity index (χ0v) is 11.0. The second kappa shape index (κ2) is 4.84. The Morgan fingerprint density at radius 2 is 2.00 bits per heavy atom. The number of aliphatic hydroxyl groups excluding tert-OH is 1.